The molecule has 0 unspecified atom stereocenters. The number of hydrogen-bond donors (Lipinski definition) is 1. The highest BCUT2D eigenvalue weighted by atomic mass is 16.5. The number of allylic oxidation sites excluding steroid dienone is 1. The number of carbonyl (C=O) groups excluding carboxylic acids is 2. The Morgan fingerprint density at radius 3 is 2.69 bits per heavy atom. The van der Waals surface area contributed by atoms with Gasteiger partial charge in [-0.2, -0.15) is 0 Å². The number of carboxylic acid groups (broad SMARTS) is 1. The van der Waals surface area contributed by atoms with Gasteiger partial charge in [0, 0.05) is 17.7 Å². The van der Waals surface area contributed by atoms with Crippen LogP contribution in [0.3, 0.4) is 0 Å². The highest BCUT2D eigenvalue weighted by Gasteiger charge is 2.84. The lowest BCUT2D eigenvalue weighted by molar-refractivity contribution is -0.182. The predicted octanol–water partition coefficient (Wildman–Crippen LogP) is 4.30. The molecule has 1 heterocycles. The molecule has 7 atom stereocenters. The molecule has 0 aromatic carbocycles. The summed E-state index contributed by atoms with van der Waals surface area (Å²) in [4.78, 5) is 43.6. The van der Waals surface area contributed by atoms with Gasteiger partial charge in [0.25, 0.3) is 0 Å². The maximum atomic E-state index is 13.3. The van der Waals surface area contributed by atoms with E-state index in [9.17, 15) is 19.5 Å². The summed E-state index contributed by atoms with van der Waals surface area (Å²) in [5.74, 6) is -0.620. The highest BCUT2D eigenvalue weighted by Crippen LogP contribution is 2.83. The van der Waals surface area contributed by atoms with Crippen LogP contribution in [-0.2, 0) is 14.4 Å². The van der Waals surface area contributed by atoms with Gasteiger partial charge in [-0.1, -0.05) is 44.9 Å². The molecule has 4 bridgehead atoms. The SMILES string of the molecule is CC(C)C1=C[C@H]2C[C@@]3(C=O)[C@@H]4CC[C@@H](C)[C@H]4C[C@@]2(CC(=O)Oc2ccccn2)[C@]13C(=O)O. The summed E-state index contributed by atoms with van der Waals surface area (Å²) < 4.78 is 5.56. The fraction of sp³-hybridized carbons (Fsp3) is 0.615. The molecule has 4 aliphatic rings. The van der Waals surface area contributed by atoms with Gasteiger partial charge in [0.15, 0.2) is 0 Å². The minimum atomic E-state index is -1.35. The number of carbonyl (C=O) groups is 3. The molecule has 1 aromatic rings. The van der Waals surface area contributed by atoms with E-state index < -0.39 is 28.2 Å². The number of aldehydes is 1. The molecule has 3 fully saturated rings. The average molecular weight is 438 g/mol. The van der Waals surface area contributed by atoms with Gasteiger partial charge in [0.1, 0.15) is 11.7 Å². The number of nitrogens with zero attached hydrogens (tertiary/aromatic N) is 1. The Balaban J connectivity index is 1.65. The zero-order valence-corrected chi connectivity index (χ0v) is 18.9. The topological polar surface area (TPSA) is 93.6 Å². The summed E-state index contributed by atoms with van der Waals surface area (Å²) >= 11 is 0. The largest absolute Gasteiger partial charge is 0.481 e. The van der Waals surface area contributed by atoms with Gasteiger partial charge in [-0.25, -0.2) is 4.98 Å². The van der Waals surface area contributed by atoms with Crippen LogP contribution in [0, 0.1) is 45.8 Å². The minimum Gasteiger partial charge on any atom is -0.481 e. The number of aliphatic carboxylic acids is 1. The number of hydrogen-bond acceptors (Lipinski definition) is 5. The maximum Gasteiger partial charge on any atom is 0.315 e. The van der Waals surface area contributed by atoms with Gasteiger partial charge >= 0.3 is 11.9 Å². The average Bonchev–Trinajstić information content (AvgIpc) is 3.31. The van der Waals surface area contributed by atoms with Crippen molar-refractivity contribution in [1.82, 2.24) is 4.98 Å². The van der Waals surface area contributed by atoms with Gasteiger partial charge in [0.05, 0.1) is 11.8 Å². The van der Waals surface area contributed by atoms with Crippen LogP contribution in [0.25, 0.3) is 0 Å². The predicted molar refractivity (Wildman–Crippen MR) is 117 cm³/mol. The standard InChI is InChI=1S/C26H31NO5/c1-15(2)20-10-17-11-25(14-28)19-8-7-16(3)18(19)12-24(17,26(20,25)23(30)31)13-22(29)32-21-6-4-5-9-27-21/h4-6,9-10,14-19H,7-8,11-13H2,1-3H3,(H,30,31)/t16-,17+,18-,19-,24+,25-,26-/m1/s1. The summed E-state index contributed by atoms with van der Waals surface area (Å²) in [6.45, 7) is 6.21. The number of fused-ring (bicyclic) bond motifs is 2. The third kappa shape index (κ3) is 2.36. The van der Waals surface area contributed by atoms with Crippen LogP contribution in [-0.4, -0.2) is 28.3 Å². The van der Waals surface area contributed by atoms with E-state index in [-0.39, 0.29) is 36.0 Å². The molecule has 0 amide bonds. The zero-order chi connectivity index (χ0) is 22.9. The zero-order valence-electron chi connectivity index (χ0n) is 18.9. The molecule has 1 N–H and O–H groups in total. The van der Waals surface area contributed by atoms with E-state index in [1.165, 1.54) is 0 Å². The number of carboxylic acids is 1. The monoisotopic (exact) mass is 437 g/mol. The van der Waals surface area contributed by atoms with Gasteiger partial charge in [-0.3, -0.25) is 9.59 Å². The smallest absolute Gasteiger partial charge is 0.315 e. The van der Waals surface area contributed by atoms with Crippen molar-refractivity contribution in [3.05, 3.63) is 36.0 Å². The second-order valence-corrected chi connectivity index (χ2v) is 10.8. The Hall–Kier alpha value is -2.50. The number of esters is 1. The Labute approximate surface area is 188 Å². The molecule has 3 saturated carbocycles. The molecule has 170 valence electrons. The van der Waals surface area contributed by atoms with Crippen LogP contribution >= 0.6 is 0 Å². The van der Waals surface area contributed by atoms with E-state index in [1.54, 1.807) is 24.4 Å². The molecule has 6 nitrogen and oxygen atoms in total. The molecule has 0 aliphatic heterocycles. The Morgan fingerprint density at radius 2 is 2.06 bits per heavy atom. The third-order valence-corrected chi connectivity index (χ3v) is 9.44. The van der Waals surface area contributed by atoms with Crippen LogP contribution in [0.1, 0.15) is 52.9 Å². The molecule has 0 saturated heterocycles. The molecule has 5 rings (SSSR count). The van der Waals surface area contributed by atoms with Crippen molar-refractivity contribution in [1.29, 1.82) is 0 Å². The lowest BCUT2D eigenvalue weighted by Crippen LogP contribution is -2.62. The van der Waals surface area contributed by atoms with E-state index in [0.29, 0.717) is 18.8 Å². The first-order valence-corrected chi connectivity index (χ1v) is 11.8. The minimum absolute atomic E-state index is 0.0151. The van der Waals surface area contributed by atoms with Crippen molar-refractivity contribution in [3.63, 3.8) is 0 Å². The van der Waals surface area contributed by atoms with Gasteiger partial charge in [-0.05, 0) is 54.9 Å². The van der Waals surface area contributed by atoms with Crippen molar-refractivity contribution in [3.8, 4) is 5.88 Å². The second kappa shape index (κ2) is 7.00. The first-order chi connectivity index (χ1) is 15.2. The van der Waals surface area contributed by atoms with Gasteiger partial charge < -0.3 is 14.6 Å². The van der Waals surface area contributed by atoms with Crippen LogP contribution in [0.5, 0.6) is 5.88 Å². The molecule has 1 aromatic heterocycles. The summed E-state index contributed by atoms with van der Waals surface area (Å²) in [5, 5.41) is 10.9. The molecule has 32 heavy (non-hydrogen) atoms. The summed E-state index contributed by atoms with van der Waals surface area (Å²) in [6.07, 6.45) is 7.66. The van der Waals surface area contributed by atoms with Gasteiger partial charge in [0.2, 0.25) is 5.88 Å². The van der Waals surface area contributed by atoms with Crippen molar-refractivity contribution < 1.29 is 24.2 Å². The normalized spacial score (nSPS) is 41.3. The van der Waals surface area contributed by atoms with E-state index in [1.807, 2.05) is 13.8 Å². The Morgan fingerprint density at radius 1 is 1.28 bits per heavy atom. The fourth-order valence-corrected chi connectivity index (χ4v) is 8.51. The molecular weight excluding hydrogens is 406 g/mol. The second-order valence-electron chi connectivity index (χ2n) is 10.8. The van der Waals surface area contributed by atoms with Crippen LogP contribution < -0.4 is 4.74 Å². The van der Waals surface area contributed by atoms with Crippen molar-refractivity contribution in [2.75, 3.05) is 0 Å². The highest BCUT2D eigenvalue weighted by molar-refractivity contribution is 5.91. The summed E-state index contributed by atoms with van der Waals surface area (Å²) in [6, 6.07) is 5.11. The molecule has 0 radical (unpaired) electrons. The number of rotatable bonds is 6. The number of aromatic nitrogens is 1. The van der Waals surface area contributed by atoms with E-state index in [4.69, 9.17) is 4.74 Å². The van der Waals surface area contributed by atoms with Crippen LogP contribution in [0.4, 0.5) is 0 Å². The summed E-state index contributed by atoms with van der Waals surface area (Å²) in [5.41, 5.74) is -2.33. The first kappa shape index (κ1) is 21.4. The van der Waals surface area contributed by atoms with Crippen molar-refractivity contribution in [2.24, 2.45) is 45.8 Å². The molecule has 6 heteroatoms. The lowest BCUT2D eigenvalue weighted by Gasteiger charge is -2.58. The quantitative estimate of drug-likeness (QED) is 0.405. The molecule has 4 aliphatic carbocycles. The number of pyridine rings is 1. The Bertz CT molecular complexity index is 1000. The first-order valence-electron chi connectivity index (χ1n) is 11.8. The van der Waals surface area contributed by atoms with E-state index in [0.717, 1.165) is 24.7 Å². The third-order valence-electron chi connectivity index (χ3n) is 9.44. The molecule has 0 spiro atoms. The maximum absolute atomic E-state index is 13.3. The number of ether oxygens (including phenoxy) is 1. The fourth-order valence-electron chi connectivity index (χ4n) is 8.51. The lowest BCUT2D eigenvalue weighted by atomic mass is 9.42. The summed E-state index contributed by atoms with van der Waals surface area (Å²) in [7, 11) is 0. The van der Waals surface area contributed by atoms with E-state index in [2.05, 4.69) is 18.0 Å². The van der Waals surface area contributed by atoms with Crippen LogP contribution in [0.2, 0.25) is 0 Å². The van der Waals surface area contributed by atoms with Crippen molar-refractivity contribution in [2.45, 2.75) is 52.9 Å². The molecular formula is C26H31NO5. The van der Waals surface area contributed by atoms with E-state index >= 15 is 0 Å². The van der Waals surface area contributed by atoms with Crippen LogP contribution in [0.15, 0.2) is 36.0 Å². The van der Waals surface area contributed by atoms with Crippen molar-refractivity contribution >= 4 is 18.2 Å². The van der Waals surface area contributed by atoms with Gasteiger partial charge in [-0.15, -0.1) is 0 Å². The Kier molecular flexibility index (Phi) is 4.67.